The SMILES string of the molecule is COc1ccc(CNC(=O)/C(C#N)=C\c2ccc(I)cc2)cc1. The number of nitriles is 1. The maximum absolute atomic E-state index is 12.1. The van der Waals surface area contributed by atoms with Gasteiger partial charge in [0.25, 0.3) is 5.91 Å². The van der Waals surface area contributed by atoms with E-state index in [0.29, 0.717) is 6.54 Å². The summed E-state index contributed by atoms with van der Waals surface area (Å²) in [6.07, 6.45) is 1.58. The predicted octanol–water partition coefficient (Wildman–Crippen LogP) is 3.52. The van der Waals surface area contributed by atoms with E-state index in [-0.39, 0.29) is 11.5 Å². The zero-order chi connectivity index (χ0) is 16.7. The fourth-order valence-electron chi connectivity index (χ4n) is 1.90. The van der Waals surface area contributed by atoms with Crippen LogP contribution in [0.3, 0.4) is 0 Å². The molecule has 1 amide bonds. The summed E-state index contributed by atoms with van der Waals surface area (Å²) >= 11 is 2.20. The molecule has 0 unspecified atom stereocenters. The standard InChI is InChI=1S/C18H15IN2O2/c1-23-17-8-4-14(5-9-17)12-21-18(22)15(11-20)10-13-2-6-16(19)7-3-13/h2-10H,12H2,1H3,(H,21,22)/b15-10-. The number of carbonyl (C=O) groups excluding carboxylic acids is 1. The van der Waals surface area contributed by atoms with Crippen LogP contribution in [0.2, 0.25) is 0 Å². The van der Waals surface area contributed by atoms with Gasteiger partial charge < -0.3 is 10.1 Å². The number of halogens is 1. The van der Waals surface area contributed by atoms with Crippen molar-refractivity contribution in [3.8, 4) is 11.8 Å². The Hall–Kier alpha value is -2.33. The lowest BCUT2D eigenvalue weighted by molar-refractivity contribution is -0.117. The number of nitrogens with zero attached hydrogens (tertiary/aromatic N) is 1. The highest BCUT2D eigenvalue weighted by Gasteiger charge is 2.08. The third kappa shape index (κ3) is 5.11. The van der Waals surface area contributed by atoms with Crippen LogP contribution in [0.25, 0.3) is 6.08 Å². The van der Waals surface area contributed by atoms with Crippen LogP contribution in [0.1, 0.15) is 11.1 Å². The molecule has 1 N–H and O–H groups in total. The third-order valence-corrected chi connectivity index (χ3v) is 3.88. The maximum atomic E-state index is 12.1. The Morgan fingerprint density at radius 1 is 1.22 bits per heavy atom. The molecule has 0 atom stereocenters. The second kappa shape index (κ2) is 8.34. The topological polar surface area (TPSA) is 62.1 Å². The minimum Gasteiger partial charge on any atom is -0.497 e. The van der Waals surface area contributed by atoms with Gasteiger partial charge in [-0.05, 0) is 64.1 Å². The lowest BCUT2D eigenvalue weighted by Gasteiger charge is -2.06. The molecule has 4 nitrogen and oxygen atoms in total. The monoisotopic (exact) mass is 418 g/mol. The van der Waals surface area contributed by atoms with E-state index >= 15 is 0 Å². The molecule has 0 aliphatic carbocycles. The molecule has 2 rings (SSSR count). The van der Waals surface area contributed by atoms with Crippen LogP contribution < -0.4 is 10.1 Å². The fraction of sp³-hybridized carbons (Fsp3) is 0.111. The second-order valence-corrected chi connectivity index (χ2v) is 6.00. The Bertz CT molecular complexity index is 744. The van der Waals surface area contributed by atoms with Gasteiger partial charge in [0.05, 0.1) is 7.11 Å². The summed E-state index contributed by atoms with van der Waals surface area (Å²) in [4.78, 5) is 12.1. The molecule has 0 spiro atoms. The second-order valence-electron chi connectivity index (χ2n) is 4.75. The molecule has 0 radical (unpaired) electrons. The van der Waals surface area contributed by atoms with Gasteiger partial charge in [-0.2, -0.15) is 5.26 Å². The number of nitrogens with one attached hydrogen (secondary N) is 1. The number of amides is 1. The normalized spacial score (nSPS) is 10.7. The lowest BCUT2D eigenvalue weighted by Crippen LogP contribution is -2.23. The van der Waals surface area contributed by atoms with Crippen molar-refractivity contribution in [2.45, 2.75) is 6.54 Å². The van der Waals surface area contributed by atoms with E-state index in [9.17, 15) is 10.1 Å². The van der Waals surface area contributed by atoms with E-state index in [1.807, 2.05) is 54.6 Å². The van der Waals surface area contributed by atoms with Gasteiger partial charge in [0.1, 0.15) is 17.4 Å². The first-order valence-corrected chi connectivity index (χ1v) is 7.99. The summed E-state index contributed by atoms with van der Waals surface area (Å²) in [6.45, 7) is 0.356. The van der Waals surface area contributed by atoms with Crippen molar-refractivity contribution in [3.63, 3.8) is 0 Å². The van der Waals surface area contributed by atoms with Crippen molar-refractivity contribution in [1.82, 2.24) is 5.32 Å². The Morgan fingerprint density at radius 2 is 1.87 bits per heavy atom. The summed E-state index contributed by atoms with van der Waals surface area (Å²) in [5.41, 5.74) is 1.84. The first kappa shape index (κ1) is 17.0. The number of ether oxygens (including phenoxy) is 1. The van der Waals surface area contributed by atoms with Crippen molar-refractivity contribution in [2.75, 3.05) is 7.11 Å². The molecule has 2 aromatic rings. The van der Waals surface area contributed by atoms with Gasteiger partial charge in [-0.3, -0.25) is 4.79 Å². The fourth-order valence-corrected chi connectivity index (χ4v) is 2.25. The van der Waals surface area contributed by atoms with Crippen LogP contribution in [-0.4, -0.2) is 13.0 Å². The molecule has 0 bridgehead atoms. The van der Waals surface area contributed by atoms with Crippen molar-refractivity contribution in [3.05, 3.63) is 68.8 Å². The van der Waals surface area contributed by atoms with Crippen LogP contribution in [0.5, 0.6) is 5.75 Å². The molecule has 0 aliphatic rings. The minimum atomic E-state index is -0.387. The molecular weight excluding hydrogens is 403 g/mol. The molecule has 0 heterocycles. The predicted molar refractivity (Wildman–Crippen MR) is 97.6 cm³/mol. The van der Waals surface area contributed by atoms with Crippen LogP contribution >= 0.6 is 22.6 Å². The molecule has 0 saturated carbocycles. The van der Waals surface area contributed by atoms with Gasteiger partial charge in [-0.25, -0.2) is 0 Å². The van der Waals surface area contributed by atoms with Gasteiger partial charge in [0.15, 0.2) is 0 Å². The molecule has 23 heavy (non-hydrogen) atoms. The smallest absolute Gasteiger partial charge is 0.262 e. The van der Waals surface area contributed by atoms with E-state index in [4.69, 9.17) is 4.74 Å². The largest absolute Gasteiger partial charge is 0.497 e. The zero-order valence-electron chi connectivity index (χ0n) is 12.5. The molecule has 0 aliphatic heterocycles. The summed E-state index contributed by atoms with van der Waals surface area (Å²) < 4.78 is 6.18. The maximum Gasteiger partial charge on any atom is 0.262 e. The quantitative estimate of drug-likeness (QED) is 0.459. The molecule has 5 heteroatoms. The third-order valence-electron chi connectivity index (χ3n) is 3.16. The first-order chi connectivity index (χ1) is 11.1. The Kier molecular flexibility index (Phi) is 6.18. The summed E-state index contributed by atoms with van der Waals surface area (Å²) in [5, 5.41) is 11.9. The molecule has 116 valence electrons. The van der Waals surface area contributed by atoms with Gasteiger partial charge in [-0.1, -0.05) is 24.3 Å². The van der Waals surface area contributed by atoms with E-state index in [0.717, 1.165) is 20.4 Å². The Morgan fingerprint density at radius 3 is 2.43 bits per heavy atom. The van der Waals surface area contributed by atoms with Crippen molar-refractivity contribution in [2.24, 2.45) is 0 Å². The van der Waals surface area contributed by atoms with Crippen molar-refractivity contribution < 1.29 is 9.53 Å². The highest BCUT2D eigenvalue weighted by molar-refractivity contribution is 14.1. The van der Waals surface area contributed by atoms with Crippen LogP contribution in [0.4, 0.5) is 0 Å². The van der Waals surface area contributed by atoms with Gasteiger partial charge in [-0.15, -0.1) is 0 Å². The highest BCUT2D eigenvalue weighted by Crippen LogP contribution is 2.12. The van der Waals surface area contributed by atoms with E-state index < -0.39 is 0 Å². The number of hydrogen-bond acceptors (Lipinski definition) is 3. The van der Waals surface area contributed by atoms with Crippen LogP contribution in [0, 0.1) is 14.9 Å². The van der Waals surface area contributed by atoms with Gasteiger partial charge >= 0.3 is 0 Å². The Balaban J connectivity index is 2.02. The summed E-state index contributed by atoms with van der Waals surface area (Å²) in [6, 6.07) is 16.9. The zero-order valence-corrected chi connectivity index (χ0v) is 14.7. The summed E-state index contributed by atoms with van der Waals surface area (Å²) in [5.74, 6) is 0.373. The first-order valence-electron chi connectivity index (χ1n) is 6.91. The summed E-state index contributed by atoms with van der Waals surface area (Å²) in [7, 11) is 1.60. The average Bonchev–Trinajstić information content (AvgIpc) is 2.59. The van der Waals surface area contributed by atoms with E-state index in [1.165, 1.54) is 0 Å². The highest BCUT2D eigenvalue weighted by atomic mass is 127. The molecule has 0 fully saturated rings. The van der Waals surface area contributed by atoms with Crippen LogP contribution in [0.15, 0.2) is 54.1 Å². The number of rotatable bonds is 5. The molecule has 0 aromatic heterocycles. The number of hydrogen-bond donors (Lipinski definition) is 1. The average molecular weight is 418 g/mol. The van der Waals surface area contributed by atoms with Gasteiger partial charge in [0, 0.05) is 10.1 Å². The molecule has 2 aromatic carbocycles. The minimum absolute atomic E-state index is 0.0831. The molecular formula is C18H15IN2O2. The van der Waals surface area contributed by atoms with Crippen molar-refractivity contribution in [1.29, 1.82) is 5.26 Å². The lowest BCUT2D eigenvalue weighted by atomic mass is 10.1. The van der Waals surface area contributed by atoms with Crippen molar-refractivity contribution >= 4 is 34.6 Å². The number of benzene rings is 2. The Labute approximate surface area is 148 Å². The van der Waals surface area contributed by atoms with E-state index in [1.54, 1.807) is 13.2 Å². The van der Waals surface area contributed by atoms with Crippen LogP contribution in [-0.2, 0) is 11.3 Å². The number of carbonyl (C=O) groups is 1. The molecule has 0 saturated heterocycles. The van der Waals surface area contributed by atoms with Gasteiger partial charge in [0.2, 0.25) is 0 Å². The number of methoxy groups -OCH3 is 1. The van der Waals surface area contributed by atoms with E-state index in [2.05, 4.69) is 27.9 Å².